The van der Waals surface area contributed by atoms with E-state index in [4.69, 9.17) is 68.0 Å². The number of amides is 1. The van der Waals surface area contributed by atoms with Gasteiger partial charge in [0, 0.05) is 27.2 Å². The van der Waals surface area contributed by atoms with Crippen molar-refractivity contribution in [2.24, 2.45) is 0 Å². The molecule has 5 heterocycles. The molecule has 3 aromatic rings. The van der Waals surface area contributed by atoms with Gasteiger partial charge in [0.25, 0.3) is 0 Å². The molecule has 5 rings (SSSR count). The summed E-state index contributed by atoms with van der Waals surface area (Å²) in [4.78, 5) is 42.6. The van der Waals surface area contributed by atoms with Crippen LogP contribution in [-0.2, 0) is 41.5 Å². The highest BCUT2D eigenvalue weighted by atomic mass is 32.1. The minimum atomic E-state index is -4.64. The molecule has 0 aliphatic carbocycles. The summed E-state index contributed by atoms with van der Waals surface area (Å²) in [5.74, 6) is 0.341. The van der Waals surface area contributed by atoms with E-state index in [1.165, 1.54) is 95.7 Å². The van der Waals surface area contributed by atoms with Crippen molar-refractivity contribution in [1.29, 1.82) is 0 Å². The number of unbranched alkanes of at least 4 members (excludes halogenated alkanes) is 15. The zero-order valence-corrected chi connectivity index (χ0v) is 44.4. The van der Waals surface area contributed by atoms with Crippen LogP contribution >= 0.6 is 40.9 Å². The molecule has 0 spiro atoms. The summed E-state index contributed by atoms with van der Waals surface area (Å²) in [5.41, 5.74) is 12.6. The number of nitrogens with one attached hydrogen (secondary N) is 4. The number of fused-ring (bicyclic) bond motifs is 2. The van der Waals surface area contributed by atoms with Gasteiger partial charge in [0.15, 0.2) is 23.9 Å². The lowest BCUT2D eigenvalue weighted by Gasteiger charge is -2.29. The Hall–Kier alpha value is -3.04. The number of hydrogen-bond acceptors (Lipinski definition) is 21. The average Bonchev–Trinajstić information content (AvgIpc) is 4.05. The Balaban J connectivity index is 1.05. The van der Waals surface area contributed by atoms with E-state index in [2.05, 4.69) is 42.5 Å². The standard InChI is InChI=1S/C43H75N11O13P2S2/c1-4-5-6-7-8-9-10-11-12-13-14-15-18-21-30(55)46-22-19-16-17-20-23-64-69(59,60)65-25-29-35(34(57)41(66-29)54-27-48-32-37(54)50-43(45)52-39(32)71)67-68(62-3)63-24-28(61-2)33(56)40(58)53-26-47-31-36(53)49-42(44)51-38(31)70/h26,28-29,33-35,40-41,48,56-58H,4-25,27H2,1-3H3,(H,46,55)(H,59,60)(H3,44,49,51,70)(H3,45,50,52,71). The van der Waals surface area contributed by atoms with Crippen LogP contribution in [0.25, 0.3) is 11.2 Å². The van der Waals surface area contributed by atoms with Crippen LogP contribution in [0.2, 0.25) is 0 Å². The highest BCUT2D eigenvalue weighted by Crippen LogP contribution is 2.48. The Morgan fingerprint density at radius 1 is 0.944 bits per heavy atom. The first-order chi connectivity index (χ1) is 34.2. The Kier molecular flexibility index (Phi) is 25.2. The number of nitrogens with zero attached hydrogens (tertiary/aromatic N) is 5. The highest BCUT2D eigenvalue weighted by Gasteiger charge is 2.51. The van der Waals surface area contributed by atoms with E-state index in [0.717, 1.165) is 25.7 Å². The van der Waals surface area contributed by atoms with E-state index in [1.807, 2.05) is 0 Å². The maximum Gasteiger partial charge on any atom is 0.472 e. The van der Waals surface area contributed by atoms with Crippen LogP contribution in [0.1, 0.15) is 129 Å². The Labute approximate surface area is 426 Å². The normalized spacial score (nSPS) is 20.4. The first-order valence-corrected chi connectivity index (χ1v) is 28.0. The fourth-order valence-corrected chi connectivity index (χ4v) is 10.5. The van der Waals surface area contributed by atoms with Gasteiger partial charge in [-0.15, -0.1) is 0 Å². The van der Waals surface area contributed by atoms with Gasteiger partial charge in [-0.1, -0.05) is 121 Å². The number of ether oxygens (including phenoxy) is 2. The van der Waals surface area contributed by atoms with Gasteiger partial charge >= 0.3 is 16.4 Å². The van der Waals surface area contributed by atoms with Crippen molar-refractivity contribution in [3.8, 4) is 0 Å². The van der Waals surface area contributed by atoms with Crippen LogP contribution in [0.4, 0.5) is 23.4 Å². The molecular formula is C43H75N11O13P2S2. The van der Waals surface area contributed by atoms with Gasteiger partial charge in [-0.05, 0) is 19.3 Å². The summed E-state index contributed by atoms with van der Waals surface area (Å²) in [5, 5.41) is 40.2. The number of aliphatic hydroxyl groups excluding tert-OH is 3. The lowest BCUT2D eigenvalue weighted by atomic mass is 10.0. The fraction of sp³-hybridized carbons (Fsp3) is 0.767. The van der Waals surface area contributed by atoms with Crippen molar-refractivity contribution >= 4 is 81.3 Å². The molecule has 2 aliphatic heterocycles. The van der Waals surface area contributed by atoms with Crippen molar-refractivity contribution in [3.05, 3.63) is 15.6 Å². The number of H-pyrrole nitrogens is 2. The molecular weight excluding hydrogens is 1000 g/mol. The molecule has 1 saturated heterocycles. The quantitative estimate of drug-likeness (QED) is 0.0168. The largest absolute Gasteiger partial charge is 0.472 e. The van der Waals surface area contributed by atoms with E-state index in [0.29, 0.717) is 31.5 Å². The number of phosphoric acid groups is 1. The number of rotatable bonds is 36. The number of aliphatic hydroxyl groups is 3. The van der Waals surface area contributed by atoms with Crippen molar-refractivity contribution in [2.45, 2.75) is 165 Å². The monoisotopic (exact) mass is 1080 g/mol. The predicted molar refractivity (Wildman–Crippen MR) is 273 cm³/mol. The number of nitrogens with two attached hydrogens (primary N) is 2. The van der Waals surface area contributed by atoms with E-state index in [9.17, 15) is 29.6 Å². The van der Waals surface area contributed by atoms with E-state index >= 15 is 0 Å². The van der Waals surface area contributed by atoms with Gasteiger partial charge in [-0.2, -0.15) is 9.97 Å². The topological polar surface area (TPSA) is 334 Å². The van der Waals surface area contributed by atoms with Gasteiger partial charge in [0.2, 0.25) is 17.8 Å². The number of methoxy groups -OCH3 is 1. The van der Waals surface area contributed by atoms with Crippen molar-refractivity contribution in [3.63, 3.8) is 0 Å². The van der Waals surface area contributed by atoms with E-state index in [1.54, 1.807) is 4.90 Å². The number of nitrogen functional groups attached to an aromatic ring is 2. The summed E-state index contributed by atoms with van der Waals surface area (Å²) < 4.78 is 54.6. The lowest BCUT2D eigenvalue weighted by Crippen LogP contribution is -2.45. The molecule has 2 aliphatic rings. The summed E-state index contributed by atoms with van der Waals surface area (Å²) in [7, 11) is -4.43. The minimum Gasteiger partial charge on any atom is -0.386 e. The summed E-state index contributed by atoms with van der Waals surface area (Å²) in [6, 6.07) is 0. The fourth-order valence-electron chi connectivity index (χ4n) is 8.28. The van der Waals surface area contributed by atoms with Gasteiger partial charge in [-0.25, -0.2) is 9.55 Å². The number of hydrogen-bond donors (Lipinski definition) is 10. The van der Waals surface area contributed by atoms with Crippen LogP contribution in [0.15, 0.2) is 6.33 Å². The van der Waals surface area contributed by atoms with E-state index < -0.39 is 72.6 Å². The average molecular weight is 1080 g/mol. The number of anilines is 4. The van der Waals surface area contributed by atoms with Crippen molar-refractivity contribution in [2.75, 3.05) is 68.9 Å². The molecule has 0 saturated carbocycles. The maximum absolute atomic E-state index is 13.1. The first kappa shape index (κ1) is 58.8. The number of phosphoric ester groups is 1. The predicted octanol–water partition coefficient (Wildman–Crippen LogP) is 6.51. The summed E-state index contributed by atoms with van der Waals surface area (Å²) in [6.45, 7) is 1.85. The highest BCUT2D eigenvalue weighted by molar-refractivity contribution is 7.71. The molecule has 0 aromatic carbocycles. The third-order valence-corrected chi connectivity index (χ3v) is 14.9. The van der Waals surface area contributed by atoms with Crippen LogP contribution in [-0.4, -0.2) is 140 Å². The summed E-state index contributed by atoms with van der Waals surface area (Å²) >= 11 is 10.6. The molecule has 9 unspecified atom stereocenters. The molecule has 3 aromatic heterocycles. The van der Waals surface area contributed by atoms with Gasteiger partial charge < -0.3 is 80.2 Å². The molecule has 71 heavy (non-hydrogen) atoms. The zero-order valence-electron chi connectivity index (χ0n) is 40.9. The number of imidazole rings is 1. The number of carbonyl (C=O) groups is 1. The van der Waals surface area contributed by atoms with Gasteiger partial charge in [0.05, 0.1) is 32.8 Å². The molecule has 12 N–H and O–H groups in total. The molecule has 0 radical (unpaired) electrons. The molecule has 28 heteroatoms. The van der Waals surface area contributed by atoms with Crippen LogP contribution < -0.4 is 27.0 Å². The van der Waals surface area contributed by atoms with E-state index in [-0.39, 0.29) is 57.3 Å². The van der Waals surface area contributed by atoms with Crippen molar-refractivity contribution in [1.82, 2.24) is 34.8 Å². The number of aromatic nitrogens is 6. The number of carbonyl (C=O) groups excluding carboxylic acids is 1. The smallest absolute Gasteiger partial charge is 0.386 e. The molecule has 1 amide bonds. The minimum absolute atomic E-state index is 0.0183. The lowest BCUT2D eigenvalue weighted by molar-refractivity contribution is -0.121. The van der Waals surface area contributed by atoms with Crippen molar-refractivity contribution < 1.29 is 61.7 Å². The SMILES string of the molecule is CCCCCCCCCCCCCCCC(=O)NCCCCCCOP(=O)(O)OCC1OC(N2CNc3c2nc(N)[nH]c3=S)C(O)C1OP(OC)OCC(OC)C(O)C(O)n1cnc2c(=S)[nH]c(N)nc21. The Bertz CT molecular complexity index is 2250. The van der Waals surface area contributed by atoms with Crippen LogP contribution in [0.5, 0.6) is 0 Å². The maximum atomic E-state index is 13.1. The van der Waals surface area contributed by atoms with Gasteiger partial charge in [0.1, 0.15) is 51.0 Å². The second kappa shape index (κ2) is 30.4. The Morgan fingerprint density at radius 2 is 1.58 bits per heavy atom. The molecule has 0 bridgehead atoms. The molecule has 1 fully saturated rings. The number of aromatic amines is 2. The second-order valence-electron chi connectivity index (χ2n) is 17.6. The third kappa shape index (κ3) is 18.1. The first-order valence-electron chi connectivity index (χ1n) is 24.6. The second-order valence-corrected chi connectivity index (χ2v) is 21.1. The molecule has 402 valence electrons. The summed E-state index contributed by atoms with van der Waals surface area (Å²) in [6.07, 6.45) is 11.2. The van der Waals surface area contributed by atoms with Crippen LogP contribution in [0.3, 0.4) is 0 Å². The Morgan fingerprint density at radius 3 is 2.25 bits per heavy atom. The zero-order chi connectivity index (χ0) is 51.3. The molecule has 9 atom stereocenters. The third-order valence-electron chi connectivity index (χ3n) is 12.2. The van der Waals surface area contributed by atoms with Crippen LogP contribution in [0, 0.1) is 9.28 Å². The van der Waals surface area contributed by atoms with Gasteiger partial charge in [-0.3, -0.25) is 18.4 Å². The molecule has 24 nitrogen and oxygen atoms in total.